The summed E-state index contributed by atoms with van der Waals surface area (Å²) in [4.78, 5) is 12.4. The monoisotopic (exact) mass is 392 g/mol. The highest BCUT2D eigenvalue weighted by molar-refractivity contribution is 5.80. The molecule has 8 heteroatoms. The number of hydrogen-bond acceptors (Lipinski definition) is 8. The highest BCUT2D eigenvalue weighted by Crippen LogP contribution is 2.26. The summed E-state index contributed by atoms with van der Waals surface area (Å²) in [5.41, 5.74) is 1.54. The zero-order chi connectivity index (χ0) is 20.4. The molecule has 0 spiro atoms. The van der Waals surface area contributed by atoms with Crippen molar-refractivity contribution in [1.29, 1.82) is 0 Å². The molecule has 2 heterocycles. The molecule has 0 saturated carbocycles. The van der Waals surface area contributed by atoms with Gasteiger partial charge in [0, 0.05) is 5.39 Å². The molecular weight excluding hydrogens is 368 g/mol. The Balaban J connectivity index is 1.88. The van der Waals surface area contributed by atoms with E-state index in [0.717, 1.165) is 17.6 Å². The van der Waals surface area contributed by atoms with Crippen LogP contribution in [-0.4, -0.2) is 57.7 Å². The van der Waals surface area contributed by atoms with Gasteiger partial charge in [0.2, 0.25) is 12.0 Å². The standard InChI is InChI=1S/C20H24O8/c1-10(2)6-7-11-4-3-5-12-8-13(19(25)28-18(11)12)26-20-17(24)16(23)15(22)14(9-21)27-20/h3-5,8,14-17,20-24H,1,6-7,9H2,2H3/t14-,15-,16+,17-,20?/m1/s1. The zero-order valence-electron chi connectivity index (χ0n) is 15.4. The fourth-order valence-electron chi connectivity index (χ4n) is 3.10. The van der Waals surface area contributed by atoms with Crippen LogP contribution in [0.25, 0.3) is 11.0 Å². The van der Waals surface area contributed by atoms with Gasteiger partial charge >= 0.3 is 5.63 Å². The Morgan fingerprint density at radius 1 is 1.21 bits per heavy atom. The minimum Gasteiger partial charge on any atom is -0.454 e. The number of benzene rings is 1. The number of aryl methyl sites for hydroxylation is 1. The maximum Gasteiger partial charge on any atom is 0.379 e. The predicted molar refractivity (Wildman–Crippen MR) is 100 cm³/mol. The van der Waals surface area contributed by atoms with Gasteiger partial charge in [-0.3, -0.25) is 0 Å². The van der Waals surface area contributed by atoms with E-state index in [-0.39, 0.29) is 5.75 Å². The molecule has 4 N–H and O–H groups in total. The van der Waals surface area contributed by atoms with Gasteiger partial charge in [-0.25, -0.2) is 4.79 Å². The van der Waals surface area contributed by atoms with E-state index in [0.29, 0.717) is 17.4 Å². The van der Waals surface area contributed by atoms with Crippen molar-refractivity contribution in [2.75, 3.05) is 6.61 Å². The van der Waals surface area contributed by atoms with E-state index in [9.17, 15) is 25.2 Å². The summed E-state index contributed by atoms with van der Waals surface area (Å²) in [7, 11) is 0. The highest BCUT2D eigenvalue weighted by Gasteiger charge is 2.45. The van der Waals surface area contributed by atoms with Gasteiger partial charge in [0.05, 0.1) is 6.61 Å². The average molecular weight is 392 g/mol. The van der Waals surface area contributed by atoms with Crippen LogP contribution >= 0.6 is 0 Å². The molecule has 28 heavy (non-hydrogen) atoms. The van der Waals surface area contributed by atoms with Crippen molar-refractivity contribution in [3.05, 3.63) is 52.4 Å². The molecule has 5 atom stereocenters. The summed E-state index contributed by atoms with van der Waals surface area (Å²) >= 11 is 0. The topological polar surface area (TPSA) is 130 Å². The number of fused-ring (bicyclic) bond motifs is 1. The first-order chi connectivity index (χ1) is 13.3. The van der Waals surface area contributed by atoms with Crippen molar-refractivity contribution in [3.63, 3.8) is 0 Å². The Kier molecular flexibility index (Phi) is 6.17. The fourth-order valence-corrected chi connectivity index (χ4v) is 3.10. The van der Waals surface area contributed by atoms with Crippen LogP contribution < -0.4 is 10.4 Å². The maximum absolute atomic E-state index is 12.4. The fraction of sp³-hybridized carbons (Fsp3) is 0.450. The summed E-state index contributed by atoms with van der Waals surface area (Å²) in [5.74, 6) is -0.214. The number of para-hydroxylation sites is 1. The van der Waals surface area contributed by atoms with Crippen LogP contribution in [0.1, 0.15) is 18.9 Å². The van der Waals surface area contributed by atoms with Gasteiger partial charge in [0.25, 0.3) is 0 Å². The van der Waals surface area contributed by atoms with Gasteiger partial charge in [0.15, 0.2) is 0 Å². The van der Waals surface area contributed by atoms with E-state index in [4.69, 9.17) is 13.9 Å². The third kappa shape index (κ3) is 4.11. The van der Waals surface area contributed by atoms with Gasteiger partial charge in [0.1, 0.15) is 30.0 Å². The van der Waals surface area contributed by atoms with Crippen molar-refractivity contribution in [3.8, 4) is 5.75 Å². The van der Waals surface area contributed by atoms with Crippen LogP contribution in [0.3, 0.4) is 0 Å². The summed E-state index contributed by atoms with van der Waals surface area (Å²) in [6, 6.07) is 6.91. The molecule has 1 fully saturated rings. The van der Waals surface area contributed by atoms with E-state index < -0.39 is 42.9 Å². The number of hydrogen-bond donors (Lipinski definition) is 4. The summed E-state index contributed by atoms with van der Waals surface area (Å²) in [6.07, 6.45) is -5.89. The molecule has 0 bridgehead atoms. The smallest absolute Gasteiger partial charge is 0.379 e. The van der Waals surface area contributed by atoms with Crippen molar-refractivity contribution in [2.24, 2.45) is 0 Å². The molecule has 2 aromatic rings. The zero-order valence-corrected chi connectivity index (χ0v) is 15.4. The molecule has 1 saturated heterocycles. The van der Waals surface area contributed by atoms with Crippen LogP contribution in [0.5, 0.6) is 5.75 Å². The molecule has 152 valence electrons. The molecule has 0 amide bonds. The van der Waals surface area contributed by atoms with Crippen molar-refractivity contribution >= 4 is 11.0 Å². The lowest BCUT2D eigenvalue weighted by molar-refractivity contribution is -0.277. The first-order valence-electron chi connectivity index (χ1n) is 8.99. The molecule has 0 aliphatic carbocycles. The number of allylic oxidation sites excluding steroid dienone is 1. The Hall–Kier alpha value is -2.23. The molecule has 8 nitrogen and oxygen atoms in total. The van der Waals surface area contributed by atoms with Gasteiger partial charge in [-0.1, -0.05) is 23.8 Å². The molecule has 1 aliphatic rings. The number of aliphatic hydroxyl groups is 4. The largest absolute Gasteiger partial charge is 0.454 e. The van der Waals surface area contributed by atoms with Crippen molar-refractivity contribution in [2.45, 2.75) is 50.5 Å². The van der Waals surface area contributed by atoms with Gasteiger partial charge in [-0.2, -0.15) is 0 Å². The summed E-state index contributed by atoms with van der Waals surface area (Å²) in [6.45, 7) is 5.20. The van der Waals surface area contributed by atoms with E-state index >= 15 is 0 Å². The van der Waals surface area contributed by atoms with E-state index in [2.05, 4.69) is 6.58 Å². The maximum atomic E-state index is 12.4. The Bertz CT molecular complexity index is 903. The Labute approximate surface area is 161 Å². The first kappa shape index (κ1) is 20.5. The predicted octanol–water partition coefficient (Wildman–Crippen LogP) is 0.480. The van der Waals surface area contributed by atoms with E-state index in [1.165, 1.54) is 6.07 Å². The van der Waals surface area contributed by atoms with Crippen LogP contribution in [0, 0.1) is 0 Å². The Morgan fingerprint density at radius 3 is 2.64 bits per heavy atom. The number of rotatable bonds is 6. The Morgan fingerprint density at radius 2 is 1.96 bits per heavy atom. The molecule has 1 unspecified atom stereocenters. The van der Waals surface area contributed by atoms with E-state index in [1.807, 2.05) is 19.1 Å². The second-order valence-electron chi connectivity index (χ2n) is 7.01. The molecule has 0 radical (unpaired) electrons. The van der Waals surface area contributed by atoms with Crippen LogP contribution in [-0.2, 0) is 11.2 Å². The lowest BCUT2D eigenvalue weighted by Crippen LogP contribution is -2.60. The molecule has 3 rings (SSSR count). The third-order valence-corrected chi connectivity index (χ3v) is 4.72. The highest BCUT2D eigenvalue weighted by atomic mass is 16.7. The van der Waals surface area contributed by atoms with Crippen LogP contribution in [0.2, 0.25) is 0 Å². The molecule has 1 aromatic heterocycles. The van der Waals surface area contributed by atoms with Crippen molar-refractivity contribution < 1.29 is 34.3 Å². The SMILES string of the molecule is C=C(C)CCc1cccc2cc(OC3O[C@H](CO)[C@@H](O)[C@H](O)[C@H]3O)c(=O)oc12. The van der Waals surface area contributed by atoms with Crippen molar-refractivity contribution in [1.82, 2.24) is 0 Å². The van der Waals surface area contributed by atoms with Gasteiger partial charge < -0.3 is 34.3 Å². The normalized spacial score (nSPS) is 27.7. The van der Waals surface area contributed by atoms with Gasteiger partial charge in [-0.05, 0) is 31.4 Å². The lowest BCUT2D eigenvalue weighted by Gasteiger charge is -2.39. The summed E-state index contributed by atoms with van der Waals surface area (Å²) < 4.78 is 16.1. The van der Waals surface area contributed by atoms with Crippen LogP contribution in [0.4, 0.5) is 0 Å². The first-order valence-corrected chi connectivity index (χ1v) is 8.99. The lowest BCUT2D eigenvalue weighted by atomic mass is 9.99. The quantitative estimate of drug-likeness (QED) is 0.413. The molecule has 1 aromatic carbocycles. The van der Waals surface area contributed by atoms with Crippen LogP contribution in [0.15, 0.2) is 45.6 Å². The summed E-state index contributed by atoms with van der Waals surface area (Å²) in [5, 5.41) is 39.6. The minimum absolute atomic E-state index is 0.214. The third-order valence-electron chi connectivity index (χ3n) is 4.72. The second kappa shape index (κ2) is 8.42. The number of ether oxygens (including phenoxy) is 2. The number of aliphatic hydroxyl groups excluding tert-OH is 4. The minimum atomic E-state index is -1.62. The molecular formula is C20H24O8. The van der Waals surface area contributed by atoms with Gasteiger partial charge in [-0.15, -0.1) is 6.58 Å². The second-order valence-corrected chi connectivity index (χ2v) is 7.01. The average Bonchev–Trinajstić information content (AvgIpc) is 2.67. The molecule has 1 aliphatic heterocycles. The van der Waals surface area contributed by atoms with E-state index in [1.54, 1.807) is 6.07 Å².